The minimum Gasteiger partial charge on any atom is -0.304 e. The molecule has 1 saturated carbocycles. The molecule has 0 bridgehead atoms. The van der Waals surface area contributed by atoms with Gasteiger partial charge in [-0.3, -0.25) is 0 Å². The van der Waals surface area contributed by atoms with Crippen molar-refractivity contribution in [3.05, 3.63) is 42.0 Å². The average molecular weight is 241 g/mol. The van der Waals surface area contributed by atoms with Crippen LogP contribution in [0.1, 0.15) is 56.6 Å². The summed E-state index contributed by atoms with van der Waals surface area (Å²) < 4.78 is 0. The molecule has 1 aliphatic rings. The van der Waals surface area contributed by atoms with Crippen molar-refractivity contribution in [1.82, 2.24) is 0 Å². The van der Waals surface area contributed by atoms with Gasteiger partial charge in [-0.1, -0.05) is 62.1 Å². The fraction of sp³-hybridized carbons (Fsp3) is 0.471. The lowest BCUT2D eigenvalue weighted by Gasteiger charge is -2.16. The third-order valence-corrected chi connectivity index (χ3v) is 3.95. The molecular formula is C17H23N. The summed E-state index contributed by atoms with van der Waals surface area (Å²) in [5, 5.41) is 8.38. The predicted molar refractivity (Wildman–Crippen MR) is 79.2 cm³/mol. The van der Waals surface area contributed by atoms with Crippen molar-refractivity contribution in [2.45, 2.75) is 45.4 Å². The standard InChI is InChI=1S/C17H23N/c1-13(2)14-9-11-16(12-10-14)17(18)15-7-5-3-4-6-8-15/h9-12,15,18H,1,3-8H2,2H3. The van der Waals surface area contributed by atoms with Gasteiger partial charge in [-0.15, -0.1) is 0 Å². The minimum absolute atomic E-state index is 0.475. The molecule has 1 aromatic rings. The monoisotopic (exact) mass is 241 g/mol. The van der Waals surface area contributed by atoms with E-state index in [9.17, 15) is 0 Å². The predicted octanol–water partition coefficient (Wildman–Crippen LogP) is 5.06. The molecule has 0 aliphatic heterocycles. The zero-order chi connectivity index (χ0) is 13.0. The highest BCUT2D eigenvalue weighted by Gasteiger charge is 2.18. The SMILES string of the molecule is C=C(C)c1ccc(C(=N)C2CCCCCC2)cc1. The van der Waals surface area contributed by atoms with Crippen molar-refractivity contribution in [3.8, 4) is 0 Å². The molecule has 0 radical (unpaired) electrons. The summed E-state index contributed by atoms with van der Waals surface area (Å²) in [6, 6.07) is 8.33. The van der Waals surface area contributed by atoms with Crippen LogP contribution in [0.15, 0.2) is 30.8 Å². The number of rotatable bonds is 3. The van der Waals surface area contributed by atoms with Gasteiger partial charge in [0.25, 0.3) is 0 Å². The fourth-order valence-corrected chi connectivity index (χ4v) is 2.74. The maximum atomic E-state index is 8.38. The van der Waals surface area contributed by atoms with Gasteiger partial charge in [0.05, 0.1) is 0 Å². The quantitative estimate of drug-likeness (QED) is 0.565. The Kier molecular flexibility index (Phi) is 4.35. The Labute approximate surface area is 110 Å². The number of benzene rings is 1. The van der Waals surface area contributed by atoms with E-state index < -0.39 is 0 Å². The molecule has 0 amide bonds. The van der Waals surface area contributed by atoms with Crippen LogP contribution in [0, 0.1) is 11.3 Å². The lowest BCUT2D eigenvalue weighted by atomic mass is 9.90. The highest BCUT2D eigenvalue weighted by atomic mass is 14.5. The second-order valence-corrected chi connectivity index (χ2v) is 5.46. The first-order valence-corrected chi connectivity index (χ1v) is 7.03. The van der Waals surface area contributed by atoms with Crippen molar-refractivity contribution in [2.24, 2.45) is 5.92 Å². The minimum atomic E-state index is 0.475. The number of nitrogens with one attached hydrogen (secondary N) is 1. The smallest absolute Gasteiger partial charge is 0.0417 e. The highest BCUT2D eigenvalue weighted by molar-refractivity contribution is 6.00. The largest absolute Gasteiger partial charge is 0.304 e. The van der Waals surface area contributed by atoms with Gasteiger partial charge >= 0.3 is 0 Å². The van der Waals surface area contributed by atoms with Crippen LogP contribution < -0.4 is 0 Å². The molecule has 0 aromatic heterocycles. The lowest BCUT2D eigenvalue weighted by Crippen LogP contribution is -2.14. The van der Waals surface area contributed by atoms with E-state index in [1.807, 2.05) is 6.92 Å². The topological polar surface area (TPSA) is 23.9 Å². The molecule has 0 heterocycles. The Hall–Kier alpha value is -1.37. The Morgan fingerprint density at radius 2 is 1.50 bits per heavy atom. The summed E-state index contributed by atoms with van der Waals surface area (Å²) in [7, 11) is 0. The fourth-order valence-electron chi connectivity index (χ4n) is 2.74. The van der Waals surface area contributed by atoms with Crippen LogP contribution in [0.5, 0.6) is 0 Å². The Morgan fingerprint density at radius 1 is 1.00 bits per heavy atom. The summed E-state index contributed by atoms with van der Waals surface area (Å²) in [6.07, 6.45) is 7.66. The molecule has 1 fully saturated rings. The molecule has 18 heavy (non-hydrogen) atoms. The molecular weight excluding hydrogens is 218 g/mol. The number of allylic oxidation sites excluding steroid dienone is 1. The van der Waals surface area contributed by atoms with E-state index >= 15 is 0 Å². The molecule has 96 valence electrons. The number of hydrogen-bond donors (Lipinski definition) is 1. The first kappa shape index (κ1) is 13.1. The summed E-state index contributed by atoms with van der Waals surface area (Å²) in [4.78, 5) is 0. The van der Waals surface area contributed by atoms with Crippen LogP contribution >= 0.6 is 0 Å². The molecule has 0 spiro atoms. The van der Waals surface area contributed by atoms with E-state index in [0.29, 0.717) is 5.92 Å². The van der Waals surface area contributed by atoms with Crippen molar-refractivity contribution >= 4 is 11.3 Å². The zero-order valence-electron chi connectivity index (χ0n) is 11.3. The molecule has 1 aliphatic carbocycles. The lowest BCUT2D eigenvalue weighted by molar-refractivity contribution is 0.589. The summed E-state index contributed by atoms with van der Waals surface area (Å²) in [5.41, 5.74) is 4.19. The molecule has 2 rings (SSSR count). The van der Waals surface area contributed by atoms with Gasteiger partial charge in [0.15, 0.2) is 0 Å². The van der Waals surface area contributed by atoms with E-state index in [-0.39, 0.29) is 0 Å². The van der Waals surface area contributed by atoms with Crippen LogP contribution in [0.25, 0.3) is 5.57 Å². The normalized spacial score (nSPS) is 17.2. The van der Waals surface area contributed by atoms with E-state index in [4.69, 9.17) is 5.41 Å². The van der Waals surface area contributed by atoms with E-state index in [1.165, 1.54) is 44.1 Å². The van der Waals surface area contributed by atoms with Crippen molar-refractivity contribution in [1.29, 1.82) is 5.41 Å². The van der Waals surface area contributed by atoms with Crippen LogP contribution in [0.3, 0.4) is 0 Å². The maximum Gasteiger partial charge on any atom is 0.0417 e. The van der Waals surface area contributed by atoms with Gasteiger partial charge in [-0.25, -0.2) is 0 Å². The maximum absolute atomic E-state index is 8.38. The average Bonchev–Trinajstić information content (AvgIpc) is 2.67. The van der Waals surface area contributed by atoms with Crippen LogP contribution in [-0.4, -0.2) is 5.71 Å². The number of hydrogen-bond acceptors (Lipinski definition) is 1. The first-order chi connectivity index (χ1) is 8.68. The summed E-state index contributed by atoms with van der Waals surface area (Å²) in [6.45, 7) is 5.97. The van der Waals surface area contributed by atoms with E-state index in [1.54, 1.807) is 0 Å². The van der Waals surface area contributed by atoms with Crippen molar-refractivity contribution in [2.75, 3.05) is 0 Å². The first-order valence-electron chi connectivity index (χ1n) is 7.03. The van der Waals surface area contributed by atoms with Gasteiger partial charge in [0, 0.05) is 11.6 Å². The van der Waals surface area contributed by atoms with Crippen molar-refractivity contribution < 1.29 is 0 Å². The molecule has 0 saturated heterocycles. The third-order valence-electron chi connectivity index (χ3n) is 3.95. The van der Waals surface area contributed by atoms with Crippen LogP contribution in [-0.2, 0) is 0 Å². The van der Waals surface area contributed by atoms with Crippen LogP contribution in [0.4, 0.5) is 0 Å². The molecule has 0 atom stereocenters. The molecule has 1 nitrogen and oxygen atoms in total. The second-order valence-electron chi connectivity index (χ2n) is 5.46. The van der Waals surface area contributed by atoms with Crippen molar-refractivity contribution in [3.63, 3.8) is 0 Å². The third kappa shape index (κ3) is 3.10. The molecule has 1 N–H and O–H groups in total. The van der Waals surface area contributed by atoms with Gasteiger partial charge in [0.2, 0.25) is 0 Å². The Bertz CT molecular complexity index is 419. The van der Waals surface area contributed by atoms with Crippen LogP contribution in [0.2, 0.25) is 0 Å². The molecule has 1 aromatic carbocycles. The van der Waals surface area contributed by atoms with Gasteiger partial charge < -0.3 is 5.41 Å². The summed E-state index contributed by atoms with van der Waals surface area (Å²) >= 11 is 0. The highest BCUT2D eigenvalue weighted by Crippen LogP contribution is 2.26. The van der Waals surface area contributed by atoms with E-state index in [2.05, 4.69) is 30.8 Å². The molecule has 0 unspecified atom stereocenters. The summed E-state index contributed by atoms with van der Waals surface area (Å²) in [5.74, 6) is 0.475. The Balaban J connectivity index is 2.10. The second kappa shape index (κ2) is 5.99. The molecule has 1 heteroatoms. The zero-order valence-corrected chi connectivity index (χ0v) is 11.3. The van der Waals surface area contributed by atoms with Gasteiger partial charge in [-0.2, -0.15) is 0 Å². The van der Waals surface area contributed by atoms with Gasteiger partial charge in [-0.05, 0) is 30.9 Å². The van der Waals surface area contributed by atoms with Gasteiger partial charge in [0.1, 0.15) is 0 Å². The van der Waals surface area contributed by atoms with E-state index in [0.717, 1.165) is 16.8 Å². The Morgan fingerprint density at radius 3 is 2.00 bits per heavy atom.